The highest BCUT2D eigenvalue weighted by atomic mass is 32.2. The Hall–Kier alpha value is -5.43. The lowest BCUT2D eigenvalue weighted by molar-refractivity contribution is -0.142. The Balaban J connectivity index is 1.23. The number of aliphatic carboxylic acids is 1. The molecule has 3 N–H and O–H groups in total. The number of benzene rings is 5. The first kappa shape index (κ1) is 38.1. The first-order valence-corrected chi connectivity index (χ1v) is 22.8. The van der Waals surface area contributed by atoms with Gasteiger partial charge in [-0.15, -0.1) is 0 Å². The molecule has 4 heterocycles. The molecule has 298 valence electrons. The van der Waals surface area contributed by atoms with Crippen LogP contribution in [0.1, 0.15) is 24.0 Å². The average Bonchev–Trinajstić information content (AvgIpc) is 3.83. The van der Waals surface area contributed by atoms with Gasteiger partial charge in [0, 0.05) is 83.3 Å². The minimum absolute atomic E-state index is 0.0666. The van der Waals surface area contributed by atoms with Crippen molar-refractivity contribution in [3.8, 4) is 22.5 Å². The number of carbonyl (C=O) groups is 1. The van der Waals surface area contributed by atoms with Crippen molar-refractivity contribution in [3.63, 3.8) is 0 Å². The summed E-state index contributed by atoms with van der Waals surface area (Å²) >= 11 is 0. The molecular formula is C41H36N3O11S3+. The van der Waals surface area contributed by atoms with E-state index in [4.69, 9.17) is 4.42 Å². The van der Waals surface area contributed by atoms with Crippen molar-refractivity contribution in [2.75, 3.05) is 31.1 Å². The summed E-state index contributed by atoms with van der Waals surface area (Å²) in [4.78, 5) is 13.4. The average molecular weight is 843 g/mol. The lowest BCUT2D eigenvalue weighted by Crippen LogP contribution is -2.40. The van der Waals surface area contributed by atoms with E-state index in [1.165, 1.54) is 28.6 Å². The molecule has 0 aromatic heterocycles. The van der Waals surface area contributed by atoms with Crippen molar-refractivity contribution in [3.05, 3.63) is 114 Å². The second kappa shape index (κ2) is 13.9. The van der Waals surface area contributed by atoms with Crippen molar-refractivity contribution in [1.82, 2.24) is 8.88 Å². The molecule has 14 nitrogen and oxygen atoms in total. The van der Waals surface area contributed by atoms with Crippen LogP contribution in [0.2, 0.25) is 0 Å². The minimum Gasteiger partial charge on any atom is -0.481 e. The maximum atomic E-state index is 14.4. The topological polar surface area (TPSA) is 203 Å². The van der Waals surface area contributed by atoms with Crippen LogP contribution in [0, 0.1) is 5.92 Å². The van der Waals surface area contributed by atoms with Crippen LogP contribution in [0.3, 0.4) is 0 Å². The number of fused-ring (bicyclic) bond motifs is 4. The lowest BCUT2D eigenvalue weighted by Gasteiger charge is -2.30. The van der Waals surface area contributed by atoms with E-state index in [0.717, 1.165) is 33.5 Å². The normalized spacial score (nSPS) is 17.5. The van der Waals surface area contributed by atoms with Gasteiger partial charge >= 0.3 is 5.97 Å². The Labute approximate surface area is 333 Å². The van der Waals surface area contributed by atoms with Crippen LogP contribution >= 0.6 is 0 Å². The summed E-state index contributed by atoms with van der Waals surface area (Å²) in [5.41, 5.74) is 5.87. The van der Waals surface area contributed by atoms with E-state index in [1.807, 2.05) is 45.9 Å². The third-order valence-electron chi connectivity index (χ3n) is 11.4. The van der Waals surface area contributed by atoms with Crippen LogP contribution in [-0.4, -0.2) is 75.9 Å². The molecule has 58 heavy (non-hydrogen) atoms. The molecule has 9 rings (SSSR count). The predicted molar refractivity (Wildman–Crippen MR) is 214 cm³/mol. The molecule has 0 bridgehead atoms. The Morgan fingerprint density at radius 3 is 2.16 bits per heavy atom. The predicted octanol–water partition coefficient (Wildman–Crippen LogP) is 5.54. The number of nitrogens with zero attached hydrogens (tertiary/aromatic N) is 3. The van der Waals surface area contributed by atoms with Gasteiger partial charge in [0.2, 0.25) is 21.1 Å². The largest absolute Gasteiger partial charge is 0.481 e. The van der Waals surface area contributed by atoms with Crippen LogP contribution in [0.15, 0.2) is 116 Å². The van der Waals surface area contributed by atoms with Gasteiger partial charge in [0.15, 0.2) is 6.54 Å². The van der Waals surface area contributed by atoms with Gasteiger partial charge in [-0.2, -0.15) is 25.7 Å². The fourth-order valence-electron chi connectivity index (χ4n) is 8.49. The number of rotatable bonds is 7. The Bertz CT molecular complexity index is 3100. The van der Waals surface area contributed by atoms with E-state index in [1.54, 1.807) is 36.4 Å². The molecule has 5 aliphatic rings. The maximum Gasteiger partial charge on any atom is 0.306 e. The van der Waals surface area contributed by atoms with Crippen LogP contribution < -0.4 is 14.8 Å². The number of carboxylic acid groups (broad SMARTS) is 1. The molecule has 1 saturated heterocycles. The molecule has 0 spiro atoms. The standard InChI is InChI=1S/C41H35N3O11S3/c45-41(46)25-13-17-42(18-14-25)56(47,48)39-4-2-1-3-34(39)40-32-9-5-28(43-19-15-26-21-30(57(49,50)51)7-11-35(26)43)23-37(32)55-38-24-29(6-10-33(38)40)44-20-16-27-22-31(58(52,53)54)8-12-36(27)44/h1-12,21-25H,13-20H2,(H2-,45,46,49,50,51,52,53,54)/p+1. The monoisotopic (exact) mass is 842 g/mol. The molecular weight excluding hydrogens is 807 g/mol. The quantitative estimate of drug-likeness (QED) is 0.103. The summed E-state index contributed by atoms with van der Waals surface area (Å²) in [7, 11) is -12.9. The van der Waals surface area contributed by atoms with Gasteiger partial charge in [-0.25, -0.2) is 8.42 Å². The molecule has 4 aromatic rings. The molecule has 0 amide bonds. The molecule has 1 aliphatic carbocycles. The Morgan fingerprint density at radius 1 is 0.724 bits per heavy atom. The van der Waals surface area contributed by atoms with Crippen LogP contribution in [0.5, 0.6) is 0 Å². The number of hydrogen-bond acceptors (Lipinski definition) is 9. The van der Waals surface area contributed by atoms with Gasteiger partial charge < -0.3 is 14.4 Å². The van der Waals surface area contributed by atoms with Crippen molar-refractivity contribution in [1.29, 1.82) is 0 Å². The zero-order valence-electron chi connectivity index (χ0n) is 30.6. The molecule has 4 aromatic carbocycles. The van der Waals surface area contributed by atoms with E-state index in [9.17, 15) is 44.3 Å². The molecule has 17 heteroatoms. The highest BCUT2D eigenvalue weighted by molar-refractivity contribution is 7.89. The van der Waals surface area contributed by atoms with Crippen LogP contribution in [0.4, 0.5) is 17.1 Å². The molecule has 0 saturated carbocycles. The Kier molecular flexibility index (Phi) is 9.10. The zero-order chi connectivity index (χ0) is 40.7. The van der Waals surface area contributed by atoms with Crippen molar-refractivity contribution in [2.45, 2.75) is 40.4 Å². The summed E-state index contributed by atoms with van der Waals surface area (Å²) < 4.78 is 106. The summed E-state index contributed by atoms with van der Waals surface area (Å²) in [6, 6.07) is 26.9. The number of sulfonamides is 1. The Morgan fingerprint density at radius 2 is 1.43 bits per heavy atom. The van der Waals surface area contributed by atoms with Gasteiger partial charge in [0.05, 0.1) is 26.7 Å². The molecule has 4 aliphatic heterocycles. The maximum absolute atomic E-state index is 14.4. The summed E-state index contributed by atoms with van der Waals surface area (Å²) in [5, 5.41) is 10.9. The van der Waals surface area contributed by atoms with Crippen LogP contribution in [-0.2, 0) is 47.9 Å². The zero-order valence-corrected chi connectivity index (χ0v) is 33.1. The highest BCUT2D eigenvalue weighted by Gasteiger charge is 2.35. The van der Waals surface area contributed by atoms with Crippen LogP contribution in [0.25, 0.3) is 33.4 Å². The second-order valence-electron chi connectivity index (χ2n) is 14.7. The van der Waals surface area contributed by atoms with E-state index < -0.39 is 42.1 Å². The molecule has 0 atom stereocenters. The summed E-state index contributed by atoms with van der Waals surface area (Å²) in [6.45, 7) is 1.18. The molecule has 0 radical (unpaired) electrons. The molecule has 0 unspecified atom stereocenters. The van der Waals surface area contributed by atoms with E-state index in [0.29, 0.717) is 59.4 Å². The second-order valence-corrected chi connectivity index (χ2v) is 19.4. The fraction of sp³-hybridized carbons (Fsp3) is 0.220. The first-order chi connectivity index (χ1) is 27.6. The SMILES string of the molecule is O=C(O)C1CCN(S(=O)(=O)c2ccccc2-c2c3ccc(=[N+]4CCc5cc(S(=O)(=O)O)ccc54)cc-3oc3cc(N4CCc5cc(S(=O)(=O)O)ccc54)ccc23)CC1. The minimum atomic E-state index is -4.39. The summed E-state index contributed by atoms with van der Waals surface area (Å²) in [5.74, 6) is -1.12. The number of anilines is 2. The fourth-order valence-corrected chi connectivity index (χ4v) is 11.2. The smallest absolute Gasteiger partial charge is 0.306 e. The van der Waals surface area contributed by atoms with Crippen molar-refractivity contribution < 1.29 is 48.7 Å². The first-order valence-electron chi connectivity index (χ1n) is 18.5. The lowest BCUT2D eigenvalue weighted by atomic mass is 9.93. The van der Waals surface area contributed by atoms with E-state index in [2.05, 4.69) is 0 Å². The van der Waals surface area contributed by atoms with Gasteiger partial charge in [0.25, 0.3) is 20.2 Å². The number of carboxylic acids is 1. The van der Waals surface area contributed by atoms with E-state index >= 15 is 0 Å². The van der Waals surface area contributed by atoms with Gasteiger partial charge in [0.1, 0.15) is 11.3 Å². The van der Waals surface area contributed by atoms with Gasteiger partial charge in [-0.05, 0) is 79.4 Å². The summed E-state index contributed by atoms with van der Waals surface area (Å²) in [6.07, 6.45) is 1.45. The van der Waals surface area contributed by atoms with Gasteiger partial charge in [-0.3, -0.25) is 13.9 Å². The number of piperidine rings is 1. The molecule has 1 fully saturated rings. The van der Waals surface area contributed by atoms with Crippen molar-refractivity contribution >= 4 is 64.3 Å². The number of hydrogen-bond donors (Lipinski definition) is 3. The third kappa shape index (κ3) is 6.57. The highest BCUT2D eigenvalue weighted by Crippen LogP contribution is 2.45. The van der Waals surface area contributed by atoms with Crippen molar-refractivity contribution in [2.24, 2.45) is 5.92 Å². The third-order valence-corrected chi connectivity index (χ3v) is 15.0. The van der Waals surface area contributed by atoms with Gasteiger partial charge in [-0.1, -0.05) is 18.2 Å². The van der Waals surface area contributed by atoms with E-state index in [-0.39, 0.29) is 40.6 Å².